The average Bonchev–Trinajstić information content (AvgIpc) is 2.98. The highest BCUT2D eigenvalue weighted by Gasteiger charge is 2.26. The molecular formula is C18H18N4O6S. The molecule has 0 atom stereocenters. The molecule has 2 heterocycles. The van der Waals surface area contributed by atoms with Crippen LogP contribution in [-0.2, 0) is 9.47 Å². The minimum Gasteiger partial charge on any atom is -0.494 e. The largest absolute Gasteiger partial charge is 0.494 e. The van der Waals surface area contributed by atoms with Crippen LogP contribution in [0.15, 0.2) is 15.0 Å². The van der Waals surface area contributed by atoms with Gasteiger partial charge < -0.3 is 14.6 Å². The normalized spacial score (nSPS) is 10.7. The first-order valence-corrected chi connectivity index (χ1v) is 9.33. The van der Waals surface area contributed by atoms with Crippen LogP contribution in [0.1, 0.15) is 50.6 Å². The van der Waals surface area contributed by atoms with E-state index >= 15 is 0 Å². The lowest BCUT2D eigenvalue weighted by atomic mass is 10.1. The fourth-order valence-electron chi connectivity index (χ4n) is 2.45. The molecule has 29 heavy (non-hydrogen) atoms. The fraction of sp³-hybridized carbons (Fsp3) is 0.333. The second-order valence-corrected chi connectivity index (χ2v) is 6.64. The van der Waals surface area contributed by atoms with Gasteiger partial charge in [-0.15, -0.1) is 21.6 Å². The number of hydrogen-bond acceptors (Lipinski definition) is 10. The van der Waals surface area contributed by atoms with Gasteiger partial charge in [0.1, 0.15) is 22.1 Å². The van der Waals surface area contributed by atoms with Gasteiger partial charge in [0.15, 0.2) is 10.7 Å². The number of hydrogen-bond donors (Lipinski definition) is 2. The lowest BCUT2D eigenvalue weighted by molar-refractivity contribution is 0.0527. The zero-order chi connectivity index (χ0) is 21.7. The maximum atomic E-state index is 12.4. The molecule has 2 aromatic rings. The Kier molecular flexibility index (Phi) is 6.84. The highest BCUT2D eigenvalue weighted by molar-refractivity contribution is 7.18. The molecule has 2 aromatic heterocycles. The number of carbonyl (C=O) groups excluding carboxylic acids is 2. The van der Waals surface area contributed by atoms with Crippen LogP contribution in [0.4, 0.5) is 10.7 Å². The minimum atomic E-state index is -0.765. The van der Waals surface area contributed by atoms with E-state index in [1.165, 1.54) is 6.92 Å². The van der Waals surface area contributed by atoms with Crippen molar-refractivity contribution in [3.05, 3.63) is 37.5 Å². The molecule has 11 heteroatoms. The molecule has 2 rings (SSSR count). The molecule has 0 amide bonds. The number of ether oxygens (including phenoxy) is 2. The summed E-state index contributed by atoms with van der Waals surface area (Å²) in [5.41, 5.74) is -0.642. The van der Waals surface area contributed by atoms with Crippen LogP contribution in [-0.4, -0.2) is 35.2 Å². The van der Waals surface area contributed by atoms with Crippen molar-refractivity contribution in [1.82, 2.24) is 4.98 Å². The number of pyridine rings is 1. The highest BCUT2D eigenvalue weighted by atomic mass is 32.1. The molecule has 2 N–H and O–H groups in total. The predicted octanol–water partition coefficient (Wildman–Crippen LogP) is 3.40. The Balaban J connectivity index is 2.62. The van der Waals surface area contributed by atoms with E-state index in [0.717, 1.165) is 11.3 Å². The lowest BCUT2D eigenvalue weighted by Gasteiger charge is -2.04. The topological polar surface area (TPSA) is 154 Å². The van der Waals surface area contributed by atoms with Crippen LogP contribution in [0.25, 0.3) is 0 Å². The zero-order valence-corrected chi connectivity index (χ0v) is 17.0. The maximum Gasteiger partial charge on any atom is 0.348 e. The quantitative estimate of drug-likeness (QED) is 0.538. The van der Waals surface area contributed by atoms with Gasteiger partial charge in [0.25, 0.3) is 5.56 Å². The predicted molar refractivity (Wildman–Crippen MR) is 103 cm³/mol. The monoisotopic (exact) mass is 418 g/mol. The number of aromatic hydroxyl groups is 1. The smallest absolute Gasteiger partial charge is 0.348 e. The van der Waals surface area contributed by atoms with Gasteiger partial charge in [-0.25, -0.2) is 9.59 Å². The van der Waals surface area contributed by atoms with E-state index in [4.69, 9.17) is 14.7 Å². The van der Waals surface area contributed by atoms with Crippen molar-refractivity contribution in [2.45, 2.75) is 27.7 Å². The van der Waals surface area contributed by atoms with Gasteiger partial charge in [-0.05, 0) is 33.3 Å². The fourth-order valence-corrected chi connectivity index (χ4v) is 3.46. The van der Waals surface area contributed by atoms with Crippen molar-refractivity contribution in [2.24, 2.45) is 10.2 Å². The summed E-state index contributed by atoms with van der Waals surface area (Å²) in [6.07, 6.45) is 0. The van der Waals surface area contributed by atoms with Crippen LogP contribution in [0.2, 0.25) is 0 Å². The summed E-state index contributed by atoms with van der Waals surface area (Å²) < 4.78 is 10.0. The number of H-pyrrole nitrogens is 1. The highest BCUT2D eigenvalue weighted by Crippen LogP contribution is 2.37. The number of nitrogens with zero attached hydrogens (tertiary/aromatic N) is 3. The van der Waals surface area contributed by atoms with E-state index in [1.807, 2.05) is 0 Å². The summed E-state index contributed by atoms with van der Waals surface area (Å²) in [6, 6.07) is 1.76. The number of carbonyl (C=O) groups is 2. The van der Waals surface area contributed by atoms with Crippen LogP contribution in [0.3, 0.4) is 0 Å². The van der Waals surface area contributed by atoms with E-state index in [9.17, 15) is 19.5 Å². The van der Waals surface area contributed by atoms with Crippen LogP contribution in [0, 0.1) is 25.2 Å². The zero-order valence-electron chi connectivity index (χ0n) is 16.2. The summed E-state index contributed by atoms with van der Waals surface area (Å²) in [7, 11) is 0. The van der Waals surface area contributed by atoms with Gasteiger partial charge in [0.05, 0.1) is 13.2 Å². The van der Waals surface area contributed by atoms with Crippen LogP contribution >= 0.6 is 11.3 Å². The van der Waals surface area contributed by atoms with Crippen molar-refractivity contribution in [1.29, 1.82) is 5.26 Å². The second kappa shape index (κ2) is 9.11. The Bertz CT molecular complexity index is 1090. The molecular weight excluding hydrogens is 400 g/mol. The van der Waals surface area contributed by atoms with Gasteiger partial charge >= 0.3 is 11.9 Å². The molecule has 0 aromatic carbocycles. The third-order valence-corrected chi connectivity index (χ3v) is 4.99. The molecule has 0 aliphatic heterocycles. The first-order chi connectivity index (χ1) is 13.8. The number of nitrogens with one attached hydrogen (secondary N) is 1. The Morgan fingerprint density at radius 2 is 1.76 bits per heavy atom. The third-order valence-electron chi connectivity index (χ3n) is 3.84. The number of nitriles is 1. The summed E-state index contributed by atoms with van der Waals surface area (Å²) in [5.74, 6) is -1.88. The van der Waals surface area contributed by atoms with Crippen molar-refractivity contribution in [2.75, 3.05) is 13.2 Å². The number of aromatic amines is 1. The molecule has 152 valence electrons. The minimum absolute atomic E-state index is 0.0389. The Hall–Kier alpha value is -3.52. The van der Waals surface area contributed by atoms with Crippen LogP contribution < -0.4 is 5.56 Å². The van der Waals surface area contributed by atoms with E-state index in [-0.39, 0.29) is 45.5 Å². The van der Waals surface area contributed by atoms with E-state index in [2.05, 4.69) is 15.2 Å². The molecule has 0 fully saturated rings. The molecule has 0 bridgehead atoms. The molecule has 0 unspecified atom stereocenters. The van der Waals surface area contributed by atoms with Crippen LogP contribution in [0.5, 0.6) is 5.88 Å². The summed E-state index contributed by atoms with van der Waals surface area (Å²) in [5, 5.41) is 26.6. The standard InChI is InChI=1S/C18H18N4O6S/c1-5-27-17(25)11-9(4)13(18(26)28-6-2)29-16(11)22-21-12-8(3)10(7-19)14(23)20-15(12)24/h5-6H2,1-4H3,(H2,20,23,24). The second-order valence-electron chi connectivity index (χ2n) is 5.64. The van der Waals surface area contributed by atoms with Crippen molar-refractivity contribution < 1.29 is 24.2 Å². The van der Waals surface area contributed by atoms with Gasteiger partial charge in [0.2, 0.25) is 5.88 Å². The number of thiophene rings is 1. The van der Waals surface area contributed by atoms with Crippen molar-refractivity contribution in [3.8, 4) is 11.9 Å². The van der Waals surface area contributed by atoms with Gasteiger partial charge in [-0.3, -0.25) is 9.78 Å². The summed E-state index contributed by atoms with van der Waals surface area (Å²) in [6.45, 7) is 6.54. The van der Waals surface area contributed by atoms with E-state index in [1.54, 1.807) is 26.8 Å². The summed E-state index contributed by atoms with van der Waals surface area (Å²) >= 11 is 0.870. The van der Waals surface area contributed by atoms with Gasteiger partial charge in [0, 0.05) is 5.56 Å². The molecule has 0 radical (unpaired) electrons. The number of azo groups is 1. The average molecular weight is 418 g/mol. The molecule has 10 nitrogen and oxygen atoms in total. The van der Waals surface area contributed by atoms with Crippen molar-refractivity contribution >= 4 is 34.0 Å². The molecule has 0 aliphatic rings. The summed E-state index contributed by atoms with van der Waals surface area (Å²) in [4.78, 5) is 38.9. The number of aromatic nitrogens is 1. The maximum absolute atomic E-state index is 12.4. The van der Waals surface area contributed by atoms with E-state index < -0.39 is 23.4 Å². The Labute approximate surface area is 169 Å². The first kappa shape index (κ1) is 21.8. The SMILES string of the molecule is CCOC(=O)c1sc(N=Nc2c(C)c(C#N)c(O)[nH]c2=O)c(C(=O)OCC)c1C. The van der Waals surface area contributed by atoms with Gasteiger partial charge in [-0.1, -0.05) is 0 Å². The Morgan fingerprint density at radius 3 is 2.34 bits per heavy atom. The molecule has 0 aliphatic carbocycles. The number of rotatable bonds is 6. The molecule has 0 spiro atoms. The van der Waals surface area contributed by atoms with Gasteiger partial charge in [-0.2, -0.15) is 5.26 Å². The Morgan fingerprint density at radius 1 is 1.14 bits per heavy atom. The lowest BCUT2D eigenvalue weighted by Crippen LogP contribution is -2.08. The third kappa shape index (κ3) is 4.33. The molecule has 0 saturated heterocycles. The number of esters is 2. The molecule has 0 saturated carbocycles. The first-order valence-electron chi connectivity index (χ1n) is 8.51. The van der Waals surface area contributed by atoms with E-state index in [0.29, 0.717) is 5.56 Å². The van der Waals surface area contributed by atoms with Crippen molar-refractivity contribution in [3.63, 3.8) is 0 Å².